The van der Waals surface area contributed by atoms with Gasteiger partial charge in [-0.25, -0.2) is 0 Å². The first-order valence-electron chi connectivity index (χ1n) is 8.24. The molecule has 0 saturated heterocycles. The van der Waals surface area contributed by atoms with Crippen LogP contribution in [0.4, 0.5) is 5.69 Å². The highest BCUT2D eigenvalue weighted by molar-refractivity contribution is 7.99. The number of ketones is 1. The molecule has 1 N–H and O–H groups in total. The van der Waals surface area contributed by atoms with E-state index < -0.39 is 0 Å². The number of hydrogen-bond donors (Lipinski definition) is 1. The van der Waals surface area contributed by atoms with Crippen LogP contribution < -0.4 is 10.1 Å². The molecule has 2 heterocycles. The summed E-state index contributed by atoms with van der Waals surface area (Å²) in [6, 6.07) is 4.91. The highest BCUT2D eigenvalue weighted by Crippen LogP contribution is 2.29. The number of nitrogens with one attached hydrogen (secondary N) is 1. The first-order valence-corrected chi connectivity index (χ1v) is 9.23. The highest BCUT2D eigenvalue weighted by atomic mass is 32.2. The van der Waals surface area contributed by atoms with Gasteiger partial charge in [-0.3, -0.25) is 14.4 Å². The molecular weight excluding hydrogens is 372 g/mol. The Kier molecular flexibility index (Phi) is 5.75. The number of carbonyl (C=O) groups excluding carboxylic acids is 3. The number of fused-ring (bicyclic) bond motifs is 1. The van der Waals surface area contributed by atoms with Crippen LogP contribution in [0.1, 0.15) is 23.1 Å². The Bertz CT molecular complexity index is 895. The smallest absolute Gasteiger partial charge is 0.313 e. The van der Waals surface area contributed by atoms with Gasteiger partial charge in [-0.2, -0.15) is 0 Å². The van der Waals surface area contributed by atoms with Crippen LogP contribution in [0.25, 0.3) is 0 Å². The number of esters is 1. The van der Waals surface area contributed by atoms with Crippen molar-refractivity contribution in [2.75, 3.05) is 24.3 Å². The van der Waals surface area contributed by atoms with Crippen LogP contribution in [0, 0.1) is 0 Å². The maximum atomic E-state index is 12.5. The molecule has 0 fully saturated rings. The van der Waals surface area contributed by atoms with Crippen LogP contribution in [0.2, 0.25) is 0 Å². The topological polar surface area (TPSA) is 112 Å². The lowest BCUT2D eigenvalue weighted by atomic mass is 10.1. The second kappa shape index (κ2) is 8.21. The van der Waals surface area contributed by atoms with E-state index in [0.717, 1.165) is 0 Å². The highest BCUT2D eigenvalue weighted by Gasteiger charge is 2.19. The number of thioether (sulfide) groups is 1. The summed E-state index contributed by atoms with van der Waals surface area (Å²) in [7, 11) is 1.73. The van der Waals surface area contributed by atoms with Crippen LogP contribution in [0.15, 0.2) is 23.4 Å². The number of benzene rings is 1. The quantitative estimate of drug-likeness (QED) is 0.427. The molecular formula is C17H18N4O5S. The molecule has 0 radical (unpaired) electrons. The van der Waals surface area contributed by atoms with E-state index in [1.807, 2.05) is 0 Å². The minimum Gasteiger partial charge on any atom is -0.482 e. The fourth-order valence-corrected chi connectivity index (χ4v) is 3.26. The summed E-state index contributed by atoms with van der Waals surface area (Å²) in [6.45, 7) is 2.01. The molecule has 3 rings (SSSR count). The second-order valence-corrected chi connectivity index (χ2v) is 6.64. The van der Waals surface area contributed by atoms with E-state index in [9.17, 15) is 14.4 Å². The second-order valence-electron chi connectivity index (χ2n) is 5.70. The average molecular weight is 390 g/mol. The van der Waals surface area contributed by atoms with E-state index in [2.05, 4.69) is 15.5 Å². The Morgan fingerprint density at radius 2 is 2.19 bits per heavy atom. The maximum absolute atomic E-state index is 12.5. The number of amides is 1. The minimum absolute atomic E-state index is 0.0242. The standard InChI is InChI=1S/C17H18N4O5S/c1-3-25-16(24)7-14-19-20-17(21(14)2)27-9-12(22)10-4-5-13-11(6-10)18-15(23)8-26-13/h4-6H,3,7-9H2,1-2H3,(H,18,23). The fourth-order valence-electron chi connectivity index (χ4n) is 2.44. The molecule has 1 aromatic heterocycles. The maximum Gasteiger partial charge on any atom is 0.313 e. The number of hydrogen-bond acceptors (Lipinski definition) is 8. The zero-order valence-electron chi connectivity index (χ0n) is 14.9. The van der Waals surface area contributed by atoms with Gasteiger partial charge in [0.05, 0.1) is 18.0 Å². The number of Topliss-reactive ketones (excluding diaryl/α,β-unsaturated/α-hetero) is 1. The molecule has 0 spiro atoms. The van der Waals surface area contributed by atoms with Gasteiger partial charge in [0.1, 0.15) is 18.0 Å². The molecule has 0 saturated carbocycles. The zero-order chi connectivity index (χ0) is 19.4. The molecule has 1 amide bonds. The third-order valence-corrected chi connectivity index (χ3v) is 4.82. The van der Waals surface area contributed by atoms with Gasteiger partial charge < -0.3 is 19.4 Å². The van der Waals surface area contributed by atoms with Gasteiger partial charge in [0.15, 0.2) is 17.5 Å². The number of rotatable bonds is 7. The number of ether oxygens (including phenoxy) is 2. The molecule has 27 heavy (non-hydrogen) atoms. The average Bonchev–Trinajstić information content (AvgIpc) is 2.99. The number of nitrogens with zero attached hydrogens (tertiary/aromatic N) is 3. The molecule has 0 atom stereocenters. The van der Waals surface area contributed by atoms with Gasteiger partial charge in [0.2, 0.25) is 0 Å². The molecule has 0 aliphatic carbocycles. The molecule has 1 aromatic carbocycles. The number of carbonyl (C=O) groups is 3. The molecule has 9 nitrogen and oxygen atoms in total. The Morgan fingerprint density at radius 3 is 2.96 bits per heavy atom. The molecule has 1 aliphatic rings. The first-order chi connectivity index (χ1) is 13.0. The summed E-state index contributed by atoms with van der Waals surface area (Å²) < 4.78 is 11.8. The largest absolute Gasteiger partial charge is 0.482 e. The van der Waals surface area contributed by atoms with Crippen molar-refractivity contribution >= 4 is 35.1 Å². The van der Waals surface area contributed by atoms with Crippen molar-refractivity contribution in [1.29, 1.82) is 0 Å². The Labute approximate surface area is 159 Å². The number of anilines is 1. The van der Waals surface area contributed by atoms with Gasteiger partial charge in [-0.1, -0.05) is 11.8 Å². The van der Waals surface area contributed by atoms with E-state index in [0.29, 0.717) is 34.6 Å². The van der Waals surface area contributed by atoms with E-state index in [-0.39, 0.29) is 36.4 Å². The summed E-state index contributed by atoms with van der Waals surface area (Å²) in [5.74, 6) is 0.387. The third kappa shape index (κ3) is 4.45. The van der Waals surface area contributed by atoms with Crippen LogP contribution in [0.3, 0.4) is 0 Å². The van der Waals surface area contributed by atoms with E-state index in [1.54, 1.807) is 36.7 Å². The van der Waals surface area contributed by atoms with Crippen LogP contribution in [-0.4, -0.2) is 51.4 Å². The van der Waals surface area contributed by atoms with Crippen molar-refractivity contribution in [3.63, 3.8) is 0 Å². The summed E-state index contributed by atoms with van der Waals surface area (Å²) in [4.78, 5) is 35.4. The lowest BCUT2D eigenvalue weighted by Crippen LogP contribution is -2.25. The molecule has 0 bridgehead atoms. The van der Waals surface area contributed by atoms with E-state index in [4.69, 9.17) is 9.47 Å². The SMILES string of the molecule is CCOC(=O)Cc1nnc(SCC(=O)c2ccc3c(c2)NC(=O)CO3)n1C. The first kappa shape index (κ1) is 18.9. The van der Waals surface area contributed by atoms with Crippen molar-refractivity contribution in [2.45, 2.75) is 18.5 Å². The van der Waals surface area contributed by atoms with E-state index >= 15 is 0 Å². The summed E-state index contributed by atoms with van der Waals surface area (Å²) in [6.07, 6.45) is 0.0242. The van der Waals surface area contributed by atoms with Gasteiger partial charge in [-0.05, 0) is 25.1 Å². The predicted octanol–water partition coefficient (Wildman–Crippen LogP) is 1.23. The minimum atomic E-state index is -0.376. The molecule has 2 aromatic rings. The van der Waals surface area contributed by atoms with Crippen molar-refractivity contribution < 1.29 is 23.9 Å². The molecule has 1 aliphatic heterocycles. The monoisotopic (exact) mass is 390 g/mol. The Morgan fingerprint density at radius 1 is 1.37 bits per heavy atom. The van der Waals surface area contributed by atoms with Crippen molar-refractivity contribution in [2.24, 2.45) is 7.05 Å². The van der Waals surface area contributed by atoms with Crippen molar-refractivity contribution in [3.05, 3.63) is 29.6 Å². The molecule has 142 valence electrons. The Hall–Kier alpha value is -2.88. The van der Waals surface area contributed by atoms with Crippen molar-refractivity contribution in [1.82, 2.24) is 14.8 Å². The lowest BCUT2D eigenvalue weighted by molar-refractivity contribution is -0.142. The van der Waals surface area contributed by atoms with Crippen LogP contribution in [-0.2, 0) is 27.8 Å². The van der Waals surface area contributed by atoms with Gasteiger partial charge in [-0.15, -0.1) is 10.2 Å². The van der Waals surface area contributed by atoms with Crippen molar-refractivity contribution in [3.8, 4) is 5.75 Å². The lowest BCUT2D eigenvalue weighted by Gasteiger charge is -2.18. The fraction of sp³-hybridized carbons (Fsp3) is 0.353. The van der Waals surface area contributed by atoms with Crippen LogP contribution in [0.5, 0.6) is 5.75 Å². The van der Waals surface area contributed by atoms with E-state index in [1.165, 1.54) is 11.8 Å². The summed E-state index contributed by atoms with van der Waals surface area (Å²) in [5, 5.41) is 11.2. The van der Waals surface area contributed by atoms with Crippen LogP contribution >= 0.6 is 11.8 Å². The zero-order valence-corrected chi connectivity index (χ0v) is 15.7. The predicted molar refractivity (Wildman–Crippen MR) is 97.0 cm³/mol. The Balaban J connectivity index is 1.63. The normalized spacial score (nSPS) is 12.7. The molecule has 0 unspecified atom stereocenters. The van der Waals surface area contributed by atoms with Gasteiger partial charge in [0.25, 0.3) is 5.91 Å². The molecule has 10 heteroatoms. The van der Waals surface area contributed by atoms with Gasteiger partial charge >= 0.3 is 5.97 Å². The van der Waals surface area contributed by atoms with Gasteiger partial charge in [0, 0.05) is 12.6 Å². The summed E-state index contributed by atoms with van der Waals surface area (Å²) >= 11 is 1.22. The number of aromatic nitrogens is 3. The summed E-state index contributed by atoms with van der Waals surface area (Å²) in [5.41, 5.74) is 0.943. The third-order valence-electron chi connectivity index (χ3n) is 3.80.